The summed E-state index contributed by atoms with van der Waals surface area (Å²) in [6.45, 7) is 4.62. The zero-order valence-electron chi connectivity index (χ0n) is 9.27. The second-order valence-corrected chi connectivity index (χ2v) is 3.29. The van der Waals surface area contributed by atoms with Crippen LogP contribution in [-0.4, -0.2) is 48.2 Å². The predicted octanol–water partition coefficient (Wildman–Crippen LogP) is 0.511. The monoisotopic (exact) mass is 215 g/mol. The molecular formula is C10H17NO4. The maximum Gasteiger partial charge on any atom is 0.328 e. The fourth-order valence-electron chi connectivity index (χ4n) is 1.05. The molecule has 0 heterocycles. The molecule has 5 nitrogen and oxygen atoms in total. The molecule has 0 saturated carbocycles. The lowest BCUT2D eigenvalue weighted by Gasteiger charge is -2.24. The number of rotatable bonds is 6. The molecule has 0 aromatic rings. The molecule has 86 valence electrons. The number of carbonyl (C=O) groups excluding carboxylic acids is 1. The van der Waals surface area contributed by atoms with Gasteiger partial charge in [-0.05, 0) is 13.8 Å². The summed E-state index contributed by atoms with van der Waals surface area (Å²) in [5.41, 5.74) is 0. The van der Waals surface area contributed by atoms with Gasteiger partial charge in [-0.1, -0.05) is 0 Å². The second kappa shape index (κ2) is 7.00. The van der Waals surface area contributed by atoms with Crippen LogP contribution in [0.3, 0.4) is 0 Å². The Bertz CT molecular complexity index is 248. The van der Waals surface area contributed by atoms with Crippen molar-refractivity contribution in [3.63, 3.8) is 0 Å². The maximum absolute atomic E-state index is 11.5. The van der Waals surface area contributed by atoms with Gasteiger partial charge in [0.2, 0.25) is 5.91 Å². The van der Waals surface area contributed by atoms with Gasteiger partial charge in [-0.2, -0.15) is 0 Å². The van der Waals surface area contributed by atoms with Crippen LogP contribution in [0.5, 0.6) is 0 Å². The highest BCUT2D eigenvalue weighted by Crippen LogP contribution is 1.99. The van der Waals surface area contributed by atoms with E-state index in [0.717, 1.165) is 12.2 Å². The molecule has 0 spiro atoms. The van der Waals surface area contributed by atoms with E-state index in [9.17, 15) is 9.59 Å². The minimum atomic E-state index is -1.13. The van der Waals surface area contributed by atoms with Crippen molar-refractivity contribution in [3.8, 4) is 0 Å². The van der Waals surface area contributed by atoms with E-state index in [1.165, 1.54) is 0 Å². The number of carboxylic acids is 1. The normalized spacial score (nSPS) is 10.9. The fraction of sp³-hybridized carbons (Fsp3) is 0.600. The van der Waals surface area contributed by atoms with Gasteiger partial charge in [0.05, 0.1) is 6.61 Å². The number of carbonyl (C=O) groups is 2. The van der Waals surface area contributed by atoms with Crippen molar-refractivity contribution in [3.05, 3.63) is 12.2 Å². The van der Waals surface area contributed by atoms with Gasteiger partial charge in [0, 0.05) is 31.8 Å². The Labute approximate surface area is 89.3 Å². The lowest BCUT2D eigenvalue weighted by molar-refractivity contribution is -0.132. The van der Waals surface area contributed by atoms with Crippen molar-refractivity contribution in [2.45, 2.75) is 19.9 Å². The molecular weight excluding hydrogens is 198 g/mol. The van der Waals surface area contributed by atoms with Crippen LogP contribution in [0, 0.1) is 0 Å². The Balaban J connectivity index is 4.35. The first-order valence-corrected chi connectivity index (χ1v) is 4.69. The van der Waals surface area contributed by atoms with Crippen LogP contribution >= 0.6 is 0 Å². The van der Waals surface area contributed by atoms with Crippen LogP contribution < -0.4 is 0 Å². The molecule has 0 saturated heterocycles. The Morgan fingerprint density at radius 1 is 1.40 bits per heavy atom. The van der Waals surface area contributed by atoms with Crippen LogP contribution in [0.2, 0.25) is 0 Å². The van der Waals surface area contributed by atoms with Crippen LogP contribution in [-0.2, 0) is 14.3 Å². The predicted molar refractivity (Wildman–Crippen MR) is 55.5 cm³/mol. The lowest BCUT2D eigenvalue weighted by Crippen LogP contribution is -2.38. The van der Waals surface area contributed by atoms with Crippen LogP contribution in [0.4, 0.5) is 0 Å². The fourth-order valence-corrected chi connectivity index (χ4v) is 1.05. The number of amides is 1. The Morgan fingerprint density at radius 2 is 2.00 bits per heavy atom. The van der Waals surface area contributed by atoms with Gasteiger partial charge in [0.15, 0.2) is 0 Å². The summed E-state index contributed by atoms with van der Waals surface area (Å²) in [6.07, 6.45) is 1.89. The summed E-state index contributed by atoms with van der Waals surface area (Å²) in [7, 11) is 1.55. The van der Waals surface area contributed by atoms with Crippen LogP contribution in [0.25, 0.3) is 0 Å². The Morgan fingerprint density at radius 3 is 2.40 bits per heavy atom. The first kappa shape index (κ1) is 13.6. The summed E-state index contributed by atoms with van der Waals surface area (Å²) in [5.74, 6) is -1.44. The molecule has 0 bridgehead atoms. The van der Waals surface area contributed by atoms with E-state index >= 15 is 0 Å². The molecule has 0 unspecified atom stereocenters. The number of aliphatic carboxylic acids is 1. The van der Waals surface area contributed by atoms with E-state index in [0.29, 0.717) is 13.2 Å². The first-order chi connectivity index (χ1) is 6.99. The molecule has 1 N–H and O–H groups in total. The minimum absolute atomic E-state index is 0.0195. The second-order valence-electron chi connectivity index (χ2n) is 3.29. The van der Waals surface area contributed by atoms with Gasteiger partial charge < -0.3 is 14.7 Å². The molecule has 0 aliphatic carbocycles. The van der Waals surface area contributed by atoms with Crippen LogP contribution in [0.15, 0.2) is 12.2 Å². The minimum Gasteiger partial charge on any atom is -0.478 e. The zero-order chi connectivity index (χ0) is 11.8. The Hall–Kier alpha value is -1.36. The van der Waals surface area contributed by atoms with E-state index in [2.05, 4.69) is 0 Å². The number of ether oxygens (including phenoxy) is 1. The standard InChI is InChI=1S/C10H17NO4/c1-8(2)11(6-7-15-3)9(12)4-5-10(13)14/h4-5,8H,6-7H2,1-3H3,(H,13,14)/b5-4+. The molecule has 0 aliphatic rings. The molecule has 0 atom stereocenters. The maximum atomic E-state index is 11.5. The van der Waals surface area contributed by atoms with E-state index < -0.39 is 5.97 Å². The van der Waals surface area contributed by atoms with Gasteiger partial charge >= 0.3 is 5.97 Å². The van der Waals surface area contributed by atoms with Gasteiger partial charge in [-0.15, -0.1) is 0 Å². The summed E-state index contributed by atoms with van der Waals surface area (Å²) >= 11 is 0. The molecule has 0 aliphatic heterocycles. The van der Waals surface area contributed by atoms with Crippen LogP contribution in [0.1, 0.15) is 13.8 Å². The quantitative estimate of drug-likeness (QED) is 0.655. The number of hydrogen-bond acceptors (Lipinski definition) is 3. The summed E-state index contributed by atoms with van der Waals surface area (Å²) in [4.78, 5) is 23.3. The average molecular weight is 215 g/mol. The molecule has 1 amide bonds. The topological polar surface area (TPSA) is 66.8 Å². The number of carboxylic acid groups (broad SMARTS) is 1. The van der Waals surface area contributed by atoms with E-state index in [1.807, 2.05) is 13.8 Å². The van der Waals surface area contributed by atoms with Gasteiger partial charge in [0.1, 0.15) is 0 Å². The highest BCUT2D eigenvalue weighted by Gasteiger charge is 2.13. The molecule has 0 aromatic carbocycles. The van der Waals surface area contributed by atoms with Gasteiger partial charge in [-0.3, -0.25) is 4.79 Å². The van der Waals surface area contributed by atoms with Crippen molar-refractivity contribution >= 4 is 11.9 Å². The highest BCUT2D eigenvalue weighted by molar-refractivity contribution is 5.94. The lowest BCUT2D eigenvalue weighted by atomic mass is 10.3. The molecule has 0 radical (unpaired) electrons. The number of nitrogens with zero attached hydrogens (tertiary/aromatic N) is 1. The number of hydrogen-bond donors (Lipinski definition) is 1. The third-order valence-corrected chi connectivity index (χ3v) is 1.81. The van der Waals surface area contributed by atoms with Crippen molar-refractivity contribution in [1.82, 2.24) is 4.90 Å². The summed E-state index contributed by atoms with van der Waals surface area (Å²) in [5, 5.41) is 8.38. The van der Waals surface area contributed by atoms with E-state index in [-0.39, 0.29) is 11.9 Å². The first-order valence-electron chi connectivity index (χ1n) is 4.69. The van der Waals surface area contributed by atoms with Gasteiger partial charge in [-0.25, -0.2) is 4.79 Å². The third-order valence-electron chi connectivity index (χ3n) is 1.81. The zero-order valence-corrected chi connectivity index (χ0v) is 9.27. The molecule has 0 rings (SSSR count). The Kier molecular flexibility index (Phi) is 6.37. The van der Waals surface area contributed by atoms with Crippen molar-refractivity contribution in [1.29, 1.82) is 0 Å². The number of methoxy groups -OCH3 is 1. The molecule has 0 aromatic heterocycles. The molecule has 15 heavy (non-hydrogen) atoms. The average Bonchev–Trinajstić information content (AvgIpc) is 2.14. The van der Waals surface area contributed by atoms with E-state index in [4.69, 9.17) is 9.84 Å². The SMILES string of the molecule is COCCN(C(=O)/C=C/C(=O)O)C(C)C. The smallest absolute Gasteiger partial charge is 0.328 e. The van der Waals surface area contributed by atoms with Crippen molar-refractivity contribution in [2.24, 2.45) is 0 Å². The third kappa shape index (κ3) is 5.85. The van der Waals surface area contributed by atoms with Crippen molar-refractivity contribution < 1.29 is 19.4 Å². The van der Waals surface area contributed by atoms with Crippen molar-refractivity contribution in [2.75, 3.05) is 20.3 Å². The largest absolute Gasteiger partial charge is 0.478 e. The van der Waals surface area contributed by atoms with E-state index in [1.54, 1.807) is 12.0 Å². The molecule has 5 heteroatoms. The summed E-state index contributed by atoms with van der Waals surface area (Å²) < 4.78 is 4.86. The van der Waals surface area contributed by atoms with Gasteiger partial charge in [0.25, 0.3) is 0 Å². The molecule has 0 fully saturated rings. The summed E-state index contributed by atoms with van der Waals surface area (Å²) in [6, 6.07) is 0.0195. The highest BCUT2D eigenvalue weighted by atomic mass is 16.5.